The first-order valence-corrected chi connectivity index (χ1v) is 6.48. The van der Waals surface area contributed by atoms with E-state index in [1.807, 2.05) is 6.07 Å². The molecule has 104 valence electrons. The lowest BCUT2D eigenvalue weighted by molar-refractivity contribution is 0.0957. The molecule has 7 nitrogen and oxygen atoms in total. The van der Waals surface area contributed by atoms with E-state index < -0.39 is 0 Å². The van der Waals surface area contributed by atoms with Gasteiger partial charge in [0.15, 0.2) is 11.5 Å². The second-order valence-electron chi connectivity index (χ2n) is 4.47. The van der Waals surface area contributed by atoms with Gasteiger partial charge < -0.3 is 16.0 Å². The van der Waals surface area contributed by atoms with Gasteiger partial charge in [0, 0.05) is 46.3 Å². The van der Waals surface area contributed by atoms with Gasteiger partial charge in [-0.05, 0) is 12.1 Å². The number of nitrogens with one attached hydrogen (secondary N) is 1. The molecular weight excluding hydrogens is 244 g/mol. The molecular formula is C12H20N6O. The fourth-order valence-electron chi connectivity index (χ4n) is 2.13. The zero-order chi connectivity index (χ0) is 13.7. The van der Waals surface area contributed by atoms with Gasteiger partial charge in [0.2, 0.25) is 0 Å². The number of hydrogen-bond donors (Lipinski definition) is 2. The third kappa shape index (κ3) is 3.39. The molecule has 0 saturated carbocycles. The van der Waals surface area contributed by atoms with Gasteiger partial charge in [-0.3, -0.25) is 9.69 Å². The standard InChI is InChI=1S/C12H20N6O/c1-14-12(19)10-2-3-11(16-15-10)18-8-6-17(5-4-13)7-9-18/h2-3H,4-9,13H2,1H3,(H,14,19). The van der Waals surface area contributed by atoms with Gasteiger partial charge in [0.25, 0.3) is 5.91 Å². The zero-order valence-electron chi connectivity index (χ0n) is 11.2. The van der Waals surface area contributed by atoms with Gasteiger partial charge >= 0.3 is 0 Å². The molecule has 3 N–H and O–H groups in total. The van der Waals surface area contributed by atoms with Crippen LogP contribution in [0.4, 0.5) is 5.82 Å². The molecule has 2 rings (SSSR count). The Morgan fingerprint density at radius 2 is 2.05 bits per heavy atom. The van der Waals surface area contributed by atoms with Crippen LogP contribution in [0.25, 0.3) is 0 Å². The molecule has 1 fully saturated rings. The summed E-state index contributed by atoms with van der Waals surface area (Å²) in [6.07, 6.45) is 0. The van der Waals surface area contributed by atoms with Crippen LogP contribution in [0, 0.1) is 0 Å². The first kappa shape index (κ1) is 13.7. The van der Waals surface area contributed by atoms with Crippen molar-refractivity contribution in [2.75, 3.05) is 51.2 Å². The summed E-state index contributed by atoms with van der Waals surface area (Å²) in [6.45, 7) is 5.42. The Morgan fingerprint density at radius 3 is 2.58 bits per heavy atom. The van der Waals surface area contributed by atoms with Gasteiger partial charge in [-0.15, -0.1) is 10.2 Å². The minimum absolute atomic E-state index is 0.216. The van der Waals surface area contributed by atoms with Crippen LogP contribution in [0.1, 0.15) is 10.5 Å². The lowest BCUT2D eigenvalue weighted by atomic mass is 10.3. The van der Waals surface area contributed by atoms with E-state index in [0.717, 1.165) is 38.5 Å². The molecule has 1 aromatic heterocycles. The Hall–Kier alpha value is -1.73. The van der Waals surface area contributed by atoms with Crippen molar-refractivity contribution in [3.63, 3.8) is 0 Å². The van der Waals surface area contributed by atoms with Crippen LogP contribution in [0.3, 0.4) is 0 Å². The number of carbonyl (C=O) groups excluding carboxylic acids is 1. The number of amides is 1. The fourth-order valence-corrected chi connectivity index (χ4v) is 2.13. The molecule has 1 aliphatic heterocycles. The minimum Gasteiger partial charge on any atom is -0.354 e. The third-order valence-electron chi connectivity index (χ3n) is 3.25. The SMILES string of the molecule is CNC(=O)c1ccc(N2CCN(CCN)CC2)nn1. The number of nitrogens with zero attached hydrogens (tertiary/aromatic N) is 4. The second kappa shape index (κ2) is 6.44. The molecule has 0 atom stereocenters. The van der Waals surface area contributed by atoms with Crippen molar-refractivity contribution >= 4 is 11.7 Å². The first-order chi connectivity index (χ1) is 9.24. The Bertz CT molecular complexity index is 413. The summed E-state index contributed by atoms with van der Waals surface area (Å²) in [6, 6.07) is 3.55. The maximum Gasteiger partial charge on any atom is 0.271 e. The molecule has 19 heavy (non-hydrogen) atoms. The number of nitrogens with two attached hydrogens (primary N) is 1. The maximum absolute atomic E-state index is 11.4. The number of aromatic nitrogens is 2. The molecule has 7 heteroatoms. The predicted octanol–water partition coefficient (Wildman–Crippen LogP) is -1.08. The molecule has 1 aromatic rings. The van der Waals surface area contributed by atoms with Gasteiger partial charge in [-0.2, -0.15) is 0 Å². The molecule has 0 bridgehead atoms. The van der Waals surface area contributed by atoms with E-state index in [4.69, 9.17) is 5.73 Å². The van der Waals surface area contributed by atoms with Crippen molar-refractivity contribution in [1.82, 2.24) is 20.4 Å². The van der Waals surface area contributed by atoms with E-state index >= 15 is 0 Å². The van der Waals surface area contributed by atoms with Crippen molar-refractivity contribution in [2.24, 2.45) is 5.73 Å². The largest absolute Gasteiger partial charge is 0.354 e. The van der Waals surface area contributed by atoms with Crippen LogP contribution in [0.2, 0.25) is 0 Å². The lowest BCUT2D eigenvalue weighted by Gasteiger charge is -2.34. The highest BCUT2D eigenvalue weighted by Gasteiger charge is 2.18. The van der Waals surface area contributed by atoms with Crippen LogP contribution in [0.15, 0.2) is 12.1 Å². The highest BCUT2D eigenvalue weighted by atomic mass is 16.1. The van der Waals surface area contributed by atoms with Crippen LogP contribution < -0.4 is 16.0 Å². The number of piperazine rings is 1. The van der Waals surface area contributed by atoms with E-state index in [-0.39, 0.29) is 5.91 Å². The average Bonchev–Trinajstić information content (AvgIpc) is 2.48. The van der Waals surface area contributed by atoms with E-state index in [2.05, 4.69) is 25.3 Å². The summed E-state index contributed by atoms with van der Waals surface area (Å²) in [7, 11) is 1.58. The number of rotatable bonds is 4. The Morgan fingerprint density at radius 1 is 1.32 bits per heavy atom. The van der Waals surface area contributed by atoms with Gasteiger partial charge in [-0.1, -0.05) is 0 Å². The van der Waals surface area contributed by atoms with Crippen molar-refractivity contribution in [2.45, 2.75) is 0 Å². The highest BCUT2D eigenvalue weighted by molar-refractivity contribution is 5.91. The minimum atomic E-state index is -0.216. The Labute approximate surface area is 112 Å². The molecule has 0 aliphatic carbocycles. The number of anilines is 1. The van der Waals surface area contributed by atoms with E-state index in [0.29, 0.717) is 12.2 Å². The smallest absolute Gasteiger partial charge is 0.271 e. The lowest BCUT2D eigenvalue weighted by Crippen LogP contribution is -2.48. The molecule has 0 spiro atoms. The van der Waals surface area contributed by atoms with Crippen LogP contribution in [-0.4, -0.2) is 67.3 Å². The van der Waals surface area contributed by atoms with E-state index in [1.54, 1.807) is 13.1 Å². The normalized spacial score (nSPS) is 16.4. The van der Waals surface area contributed by atoms with Crippen molar-refractivity contribution < 1.29 is 4.79 Å². The average molecular weight is 264 g/mol. The molecule has 1 amide bonds. The zero-order valence-corrected chi connectivity index (χ0v) is 11.2. The monoisotopic (exact) mass is 264 g/mol. The van der Waals surface area contributed by atoms with E-state index in [9.17, 15) is 4.79 Å². The summed E-state index contributed by atoms with van der Waals surface area (Å²) in [5.74, 6) is 0.604. The Kier molecular flexibility index (Phi) is 4.64. The highest BCUT2D eigenvalue weighted by Crippen LogP contribution is 2.12. The molecule has 2 heterocycles. The van der Waals surface area contributed by atoms with Crippen LogP contribution in [0.5, 0.6) is 0 Å². The van der Waals surface area contributed by atoms with Crippen molar-refractivity contribution in [3.8, 4) is 0 Å². The quantitative estimate of drug-likeness (QED) is 0.719. The summed E-state index contributed by atoms with van der Waals surface area (Å²) in [5.41, 5.74) is 5.89. The number of carbonyl (C=O) groups is 1. The summed E-state index contributed by atoms with van der Waals surface area (Å²) < 4.78 is 0. The number of hydrogen-bond acceptors (Lipinski definition) is 6. The molecule has 0 unspecified atom stereocenters. The molecule has 1 saturated heterocycles. The van der Waals surface area contributed by atoms with E-state index in [1.165, 1.54) is 0 Å². The predicted molar refractivity (Wildman–Crippen MR) is 73.1 cm³/mol. The van der Waals surface area contributed by atoms with Crippen LogP contribution in [-0.2, 0) is 0 Å². The van der Waals surface area contributed by atoms with Gasteiger partial charge in [0.1, 0.15) is 0 Å². The van der Waals surface area contributed by atoms with Crippen molar-refractivity contribution in [1.29, 1.82) is 0 Å². The van der Waals surface area contributed by atoms with Crippen LogP contribution >= 0.6 is 0 Å². The summed E-state index contributed by atoms with van der Waals surface area (Å²) >= 11 is 0. The molecule has 1 aliphatic rings. The van der Waals surface area contributed by atoms with Crippen molar-refractivity contribution in [3.05, 3.63) is 17.8 Å². The van der Waals surface area contributed by atoms with Gasteiger partial charge in [0.05, 0.1) is 0 Å². The molecule has 0 radical (unpaired) electrons. The first-order valence-electron chi connectivity index (χ1n) is 6.48. The summed E-state index contributed by atoms with van der Waals surface area (Å²) in [5, 5.41) is 10.6. The molecule has 0 aromatic carbocycles. The second-order valence-corrected chi connectivity index (χ2v) is 4.47. The maximum atomic E-state index is 11.4. The summed E-state index contributed by atoms with van der Waals surface area (Å²) in [4.78, 5) is 15.9. The fraction of sp³-hybridized carbons (Fsp3) is 0.583. The van der Waals surface area contributed by atoms with Gasteiger partial charge in [-0.25, -0.2) is 0 Å². The Balaban J connectivity index is 1.94. The third-order valence-corrected chi connectivity index (χ3v) is 3.25. The topological polar surface area (TPSA) is 87.4 Å².